The van der Waals surface area contributed by atoms with Crippen LogP contribution in [0.3, 0.4) is 0 Å². The second-order valence-electron chi connectivity index (χ2n) is 3.11. The van der Waals surface area contributed by atoms with Crippen molar-refractivity contribution >= 4 is 18.0 Å². The van der Waals surface area contributed by atoms with E-state index in [-0.39, 0.29) is 13.0 Å². The minimum absolute atomic E-state index is 0.282. The number of methoxy groups -OCH3 is 1. The van der Waals surface area contributed by atoms with E-state index in [1.807, 2.05) is 0 Å². The van der Waals surface area contributed by atoms with Crippen molar-refractivity contribution in [2.24, 2.45) is 0 Å². The summed E-state index contributed by atoms with van der Waals surface area (Å²) in [5.41, 5.74) is 0. The summed E-state index contributed by atoms with van der Waals surface area (Å²) in [7, 11) is 2.55. The molecule has 0 fully saturated rings. The van der Waals surface area contributed by atoms with Crippen molar-refractivity contribution < 1.29 is 24.2 Å². The van der Waals surface area contributed by atoms with Crippen molar-refractivity contribution in [3.8, 4) is 0 Å². The maximum Gasteiger partial charge on any atom is 0.326 e. The Balaban J connectivity index is 4.26. The Labute approximate surface area is 93.4 Å². The molecule has 7 nitrogen and oxygen atoms in total. The molecule has 0 aromatic rings. The highest BCUT2D eigenvalue weighted by molar-refractivity contribution is 5.84. The molecule has 16 heavy (non-hydrogen) atoms. The number of hydrogen-bond donors (Lipinski definition) is 2. The summed E-state index contributed by atoms with van der Waals surface area (Å²) in [6.45, 7) is 1.37. The fourth-order valence-electron chi connectivity index (χ4n) is 1.10. The number of likely N-dealkylation sites (N-methyl/N-ethyl adjacent to an activating group) is 1. The highest BCUT2D eigenvalue weighted by Crippen LogP contribution is 2.01. The molecule has 0 radical (unpaired) electrons. The number of ether oxygens (including phenoxy) is 1. The van der Waals surface area contributed by atoms with Crippen LogP contribution < -0.4 is 5.32 Å². The van der Waals surface area contributed by atoms with Crippen molar-refractivity contribution in [1.82, 2.24) is 10.2 Å². The standard InChI is InChI=1S/C9H16N2O5/c1-4-6(8(13)14)11(2)9(15)10-5-7(12)16-3/h6H,4-5H2,1-3H3,(H,10,15)(H,13,14). The number of hydrogen-bond acceptors (Lipinski definition) is 4. The van der Waals surface area contributed by atoms with Crippen molar-refractivity contribution in [2.45, 2.75) is 19.4 Å². The minimum Gasteiger partial charge on any atom is -0.480 e. The molecule has 2 amide bonds. The van der Waals surface area contributed by atoms with E-state index < -0.39 is 24.0 Å². The summed E-state index contributed by atoms with van der Waals surface area (Å²) in [4.78, 5) is 33.9. The number of urea groups is 1. The van der Waals surface area contributed by atoms with Gasteiger partial charge in [0.25, 0.3) is 0 Å². The Hall–Kier alpha value is -1.79. The number of nitrogens with one attached hydrogen (secondary N) is 1. The van der Waals surface area contributed by atoms with Gasteiger partial charge in [0.1, 0.15) is 12.6 Å². The molecule has 0 bridgehead atoms. The lowest BCUT2D eigenvalue weighted by Gasteiger charge is -2.23. The van der Waals surface area contributed by atoms with E-state index in [2.05, 4.69) is 10.1 Å². The Morgan fingerprint density at radius 1 is 1.44 bits per heavy atom. The maximum absolute atomic E-state index is 11.4. The molecule has 0 aliphatic rings. The first kappa shape index (κ1) is 14.2. The molecular weight excluding hydrogens is 216 g/mol. The van der Waals surface area contributed by atoms with E-state index in [4.69, 9.17) is 5.11 Å². The zero-order valence-corrected chi connectivity index (χ0v) is 9.52. The summed E-state index contributed by atoms with van der Waals surface area (Å²) >= 11 is 0. The Morgan fingerprint density at radius 2 is 2.00 bits per heavy atom. The van der Waals surface area contributed by atoms with Gasteiger partial charge in [-0.05, 0) is 6.42 Å². The lowest BCUT2D eigenvalue weighted by Crippen LogP contribution is -2.48. The van der Waals surface area contributed by atoms with Crippen molar-refractivity contribution in [1.29, 1.82) is 0 Å². The maximum atomic E-state index is 11.4. The van der Waals surface area contributed by atoms with Crippen molar-refractivity contribution in [3.05, 3.63) is 0 Å². The van der Waals surface area contributed by atoms with Crippen LogP contribution in [0, 0.1) is 0 Å². The number of nitrogens with zero attached hydrogens (tertiary/aromatic N) is 1. The Kier molecular flexibility index (Phi) is 5.91. The van der Waals surface area contributed by atoms with Gasteiger partial charge < -0.3 is 20.1 Å². The minimum atomic E-state index is -1.08. The molecule has 1 unspecified atom stereocenters. The average Bonchev–Trinajstić information content (AvgIpc) is 2.25. The topological polar surface area (TPSA) is 95.9 Å². The third-order valence-electron chi connectivity index (χ3n) is 2.07. The lowest BCUT2D eigenvalue weighted by molar-refractivity contribution is -0.141. The third-order valence-corrected chi connectivity index (χ3v) is 2.07. The first-order valence-corrected chi connectivity index (χ1v) is 4.74. The summed E-state index contributed by atoms with van der Waals surface area (Å²) in [6.07, 6.45) is 0.289. The van der Waals surface area contributed by atoms with Crippen LogP contribution in [0.5, 0.6) is 0 Å². The molecule has 1 atom stereocenters. The van der Waals surface area contributed by atoms with E-state index in [9.17, 15) is 14.4 Å². The van der Waals surface area contributed by atoms with Gasteiger partial charge in [-0.15, -0.1) is 0 Å². The van der Waals surface area contributed by atoms with Gasteiger partial charge in [0, 0.05) is 7.05 Å². The fourth-order valence-corrected chi connectivity index (χ4v) is 1.10. The average molecular weight is 232 g/mol. The molecule has 0 aromatic carbocycles. The molecular formula is C9H16N2O5. The molecule has 0 heterocycles. The SMILES string of the molecule is CCC(C(=O)O)N(C)C(=O)NCC(=O)OC. The number of amides is 2. The molecule has 0 saturated heterocycles. The summed E-state index contributed by atoms with van der Waals surface area (Å²) < 4.78 is 4.33. The largest absolute Gasteiger partial charge is 0.480 e. The van der Waals surface area contributed by atoms with Gasteiger partial charge in [0.15, 0.2) is 0 Å². The number of aliphatic carboxylic acids is 1. The number of carbonyl (C=O) groups is 3. The van der Waals surface area contributed by atoms with E-state index in [1.165, 1.54) is 14.2 Å². The second-order valence-corrected chi connectivity index (χ2v) is 3.11. The Bertz CT molecular complexity index is 279. The normalized spacial score (nSPS) is 11.4. The predicted octanol–water partition coefficient (Wildman–Crippen LogP) is -0.336. The van der Waals surface area contributed by atoms with Gasteiger partial charge >= 0.3 is 18.0 Å². The highest BCUT2D eigenvalue weighted by Gasteiger charge is 2.24. The van der Waals surface area contributed by atoms with Crippen LogP contribution in [-0.2, 0) is 14.3 Å². The summed E-state index contributed by atoms with van der Waals surface area (Å²) in [5.74, 6) is -1.68. The van der Waals surface area contributed by atoms with Crippen LogP contribution in [0.25, 0.3) is 0 Å². The lowest BCUT2D eigenvalue weighted by atomic mass is 10.2. The molecule has 0 aliphatic carbocycles. The third kappa shape index (κ3) is 4.16. The van der Waals surface area contributed by atoms with Crippen molar-refractivity contribution in [2.75, 3.05) is 20.7 Å². The predicted molar refractivity (Wildman–Crippen MR) is 54.9 cm³/mol. The van der Waals surface area contributed by atoms with E-state index >= 15 is 0 Å². The van der Waals surface area contributed by atoms with Gasteiger partial charge in [-0.1, -0.05) is 6.92 Å². The van der Waals surface area contributed by atoms with Gasteiger partial charge in [-0.25, -0.2) is 9.59 Å². The van der Waals surface area contributed by atoms with Crippen LogP contribution in [0.2, 0.25) is 0 Å². The van der Waals surface area contributed by atoms with Crippen LogP contribution in [0.15, 0.2) is 0 Å². The molecule has 0 rings (SSSR count). The van der Waals surface area contributed by atoms with Crippen molar-refractivity contribution in [3.63, 3.8) is 0 Å². The van der Waals surface area contributed by atoms with Crippen LogP contribution in [0.4, 0.5) is 4.79 Å². The zero-order valence-electron chi connectivity index (χ0n) is 9.52. The monoisotopic (exact) mass is 232 g/mol. The van der Waals surface area contributed by atoms with Gasteiger partial charge in [-0.3, -0.25) is 4.79 Å². The first-order valence-electron chi connectivity index (χ1n) is 4.74. The van der Waals surface area contributed by atoms with Crippen LogP contribution in [0.1, 0.15) is 13.3 Å². The smallest absolute Gasteiger partial charge is 0.326 e. The number of carbonyl (C=O) groups excluding carboxylic acids is 2. The number of rotatable bonds is 5. The molecule has 0 spiro atoms. The van der Waals surface area contributed by atoms with E-state index in [0.717, 1.165) is 4.90 Å². The molecule has 0 saturated carbocycles. The molecule has 2 N–H and O–H groups in total. The fraction of sp³-hybridized carbons (Fsp3) is 0.667. The number of carboxylic acids is 1. The molecule has 7 heteroatoms. The van der Waals surface area contributed by atoms with Gasteiger partial charge in [0.2, 0.25) is 0 Å². The molecule has 0 aliphatic heterocycles. The Morgan fingerprint density at radius 3 is 2.38 bits per heavy atom. The number of esters is 1. The summed E-state index contributed by atoms with van der Waals surface area (Å²) in [6, 6.07) is -1.53. The molecule has 0 aromatic heterocycles. The quantitative estimate of drug-likeness (QED) is 0.632. The zero-order chi connectivity index (χ0) is 12.7. The number of carboxylic acid groups (broad SMARTS) is 1. The summed E-state index contributed by atoms with van der Waals surface area (Å²) in [5, 5.41) is 11.1. The van der Waals surface area contributed by atoms with Crippen LogP contribution >= 0.6 is 0 Å². The van der Waals surface area contributed by atoms with Gasteiger partial charge in [-0.2, -0.15) is 0 Å². The highest BCUT2D eigenvalue weighted by atomic mass is 16.5. The van der Waals surface area contributed by atoms with Crippen LogP contribution in [-0.4, -0.2) is 54.7 Å². The van der Waals surface area contributed by atoms with E-state index in [1.54, 1.807) is 6.92 Å². The van der Waals surface area contributed by atoms with E-state index in [0.29, 0.717) is 0 Å². The molecule has 92 valence electrons. The second kappa shape index (κ2) is 6.65. The first-order chi connectivity index (χ1) is 7.43. The van der Waals surface area contributed by atoms with Gasteiger partial charge in [0.05, 0.1) is 7.11 Å².